The molecule has 0 saturated heterocycles. The fraction of sp³-hybridized carbons (Fsp3) is 0.625. The predicted octanol–water partition coefficient (Wildman–Crippen LogP) is 4.88. The van der Waals surface area contributed by atoms with Crippen molar-refractivity contribution >= 4 is 5.97 Å². The van der Waals surface area contributed by atoms with Crippen molar-refractivity contribution < 1.29 is 19.7 Å². The Bertz CT molecular complexity index is 606. The average molecular weight is 391 g/mol. The van der Waals surface area contributed by atoms with Crippen molar-refractivity contribution in [1.82, 2.24) is 0 Å². The van der Waals surface area contributed by atoms with Gasteiger partial charge in [0.2, 0.25) is 0 Å². The zero-order valence-corrected chi connectivity index (χ0v) is 18.1. The number of aliphatic hydroxyl groups excluding tert-OH is 2. The quantitative estimate of drug-likeness (QED) is 0.300. The molecule has 0 bridgehead atoms. The number of unbranched alkanes of at least 4 members (excludes halogenated alkanes) is 1. The molecule has 0 aromatic rings. The highest BCUT2D eigenvalue weighted by Gasteiger charge is 2.28. The summed E-state index contributed by atoms with van der Waals surface area (Å²) in [7, 11) is 1.41. The minimum Gasteiger partial charge on any atom is -0.469 e. The number of aliphatic hydroxyl groups is 2. The van der Waals surface area contributed by atoms with Gasteiger partial charge < -0.3 is 14.9 Å². The van der Waals surface area contributed by atoms with Crippen LogP contribution in [0.2, 0.25) is 0 Å². The standard InChI is InChI=1S/C24H38O4/c1-18(2)16-17-24(3,4)22(26)15-13-20-19(12-14-21(20)25)10-8-6-7-9-11-23(27)28-5/h6,8,12-13,15-16,20-22,25-26H,7,9-11,14,17H2,1-5H3/b8-6-,15-13+/t20-,21-,22-/m1/s1. The van der Waals surface area contributed by atoms with Gasteiger partial charge in [0.1, 0.15) is 0 Å². The summed E-state index contributed by atoms with van der Waals surface area (Å²) in [6.07, 6.45) is 15.5. The Morgan fingerprint density at radius 2 is 2.07 bits per heavy atom. The van der Waals surface area contributed by atoms with E-state index >= 15 is 0 Å². The Morgan fingerprint density at radius 1 is 1.36 bits per heavy atom. The lowest BCUT2D eigenvalue weighted by molar-refractivity contribution is -0.140. The lowest BCUT2D eigenvalue weighted by Gasteiger charge is -2.28. The van der Waals surface area contributed by atoms with Gasteiger partial charge in [-0.2, -0.15) is 0 Å². The van der Waals surface area contributed by atoms with Gasteiger partial charge in [-0.1, -0.05) is 61.4 Å². The third-order valence-electron chi connectivity index (χ3n) is 5.30. The van der Waals surface area contributed by atoms with Gasteiger partial charge in [-0.25, -0.2) is 0 Å². The van der Waals surface area contributed by atoms with E-state index < -0.39 is 12.2 Å². The van der Waals surface area contributed by atoms with E-state index in [1.54, 1.807) is 0 Å². The normalized spacial score (nSPS) is 21.2. The summed E-state index contributed by atoms with van der Waals surface area (Å²) in [6.45, 7) is 8.24. The summed E-state index contributed by atoms with van der Waals surface area (Å²) in [4.78, 5) is 11.1. The molecule has 0 aromatic heterocycles. The maximum Gasteiger partial charge on any atom is 0.305 e. The highest BCUT2D eigenvalue weighted by Crippen LogP contribution is 2.32. The molecular formula is C24H38O4. The Morgan fingerprint density at radius 3 is 2.71 bits per heavy atom. The van der Waals surface area contributed by atoms with Crippen LogP contribution in [0.4, 0.5) is 0 Å². The van der Waals surface area contributed by atoms with E-state index in [1.165, 1.54) is 18.3 Å². The number of esters is 1. The van der Waals surface area contributed by atoms with Gasteiger partial charge in [0.25, 0.3) is 0 Å². The van der Waals surface area contributed by atoms with Crippen LogP contribution < -0.4 is 0 Å². The number of hydrogen-bond acceptors (Lipinski definition) is 4. The van der Waals surface area contributed by atoms with Crippen molar-refractivity contribution in [2.24, 2.45) is 11.3 Å². The van der Waals surface area contributed by atoms with Crippen LogP contribution in [-0.2, 0) is 9.53 Å². The molecule has 0 heterocycles. The molecule has 1 rings (SSSR count). The minimum absolute atomic E-state index is 0.0476. The number of carbonyl (C=O) groups is 1. The van der Waals surface area contributed by atoms with E-state index in [9.17, 15) is 15.0 Å². The van der Waals surface area contributed by atoms with Crippen LogP contribution >= 0.6 is 0 Å². The Balaban J connectivity index is 2.56. The van der Waals surface area contributed by atoms with Crippen LogP contribution in [0.15, 0.2) is 47.6 Å². The second-order valence-electron chi connectivity index (χ2n) is 8.56. The first-order chi connectivity index (χ1) is 13.2. The van der Waals surface area contributed by atoms with Gasteiger partial charge >= 0.3 is 5.97 Å². The summed E-state index contributed by atoms with van der Waals surface area (Å²) in [6, 6.07) is 0. The zero-order valence-electron chi connectivity index (χ0n) is 18.1. The van der Waals surface area contributed by atoms with E-state index in [4.69, 9.17) is 0 Å². The lowest BCUT2D eigenvalue weighted by atomic mass is 9.81. The highest BCUT2D eigenvalue weighted by molar-refractivity contribution is 5.69. The number of carbonyl (C=O) groups excluding carboxylic acids is 1. The number of allylic oxidation sites excluding steroid dienone is 4. The SMILES string of the molecule is COC(=O)CCC/C=C\CC1=CC[C@@H](O)[C@@H]1/C=C/[C@@H](O)C(C)(C)CC=C(C)C. The lowest BCUT2D eigenvalue weighted by Crippen LogP contribution is -2.27. The van der Waals surface area contributed by atoms with Crippen LogP contribution in [0.5, 0.6) is 0 Å². The second-order valence-corrected chi connectivity index (χ2v) is 8.56. The first-order valence-corrected chi connectivity index (χ1v) is 10.3. The van der Waals surface area contributed by atoms with E-state index in [0.29, 0.717) is 12.8 Å². The van der Waals surface area contributed by atoms with Gasteiger partial charge in [0, 0.05) is 12.3 Å². The molecule has 0 radical (unpaired) electrons. The molecule has 0 saturated carbocycles. The molecule has 1 aliphatic rings. The van der Waals surface area contributed by atoms with Gasteiger partial charge in [0.05, 0.1) is 19.3 Å². The van der Waals surface area contributed by atoms with E-state index in [0.717, 1.165) is 25.7 Å². The van der Waals surface area contributed by atoms with Crippen LogP contribution in [0.3, 0.4) is 0 Å². The number of methoxy groups -OCH3 is 1. The zero-order chi connectivity index (χ0) is 21.2. The van der Waals surface area contributed by atoms with Crippen molar-refractivity contribution in [3.63, 3.8) is 0 Å². The summed E-state index contributed by atoms with van der Waals surface area (Å²) >= 11 is 0. The maximum absolute atomic E-state index is 11.1. The monoisotopic (exact) mass is 390 g/mol. The van der Waals surface area contributed by atoms with Crippen LogP contribution in [0.25, 0.3) is 0 Å². The predicted molar refractivity (Wildman–Crippen MR) is 115 cm³/mol. The van der Waals surface area contributed by atoms with Crippen molar-refractivity contribution in [3.05, 3.63) is 47.6 Å². The molecule has 158 valence electrons. The van der Waals surface area contributed by atoms with Crippen LogP contribution in [-0.4, -0.2) is 35.5 Å². The van der Waals surface area contributed by atoms with E-state index in [2.05, 4.69) is 56.7 Å². The molecule has 4 heteroatoms. The van der Waals surface area contributed by atoms with Crippen molar-refractivity contribution in [2.75, 3.05) is 7.11 Å². The Hall–Kier alpha value is -1.65. The third kappa shape index (κ3) is 8.57. The maximum atomic E-state index is 11.1. The molecule has 2 N–H and O–H groups in total. The second kappa shape index (κ2) is 12.0. The molecule has 4 nitrogen and oxygen atoms in total. The molecule has 1 aliphatic carbocycles. The number of rotatable bonds is 11. The minimum atomic E-state index is -0.564. The molecular weight excluding hydrogens is 352 g/mol. The van der Waals surface area contributed by atoms with Crippen molar-refractivity contribution in [3.8, 4) is 0 Å². The topological polar surface area (TPSA) is 66.8 Å². The summed E-state index contributed by atoms with van der Waals surface area (Å²) < 4.78 is 4.63. The number of hydrogen-bond donors (Lipinski definition) is 2. The van der Waals surface area contributed by atoms with Gasteiger partial charge in [-0.15, -0.1) is 0 Å². The Kier molecular flexibility index (Phi) is 10.5. The fourth-order valence-electron chi connectivity index (χ4n) is 3.15. The molecule has 0 spiro atoms. The van der Waals surface area contributed by atoms with Crippen molar-refractivity contribution in [2.45, 2.75) is 78.4 Å². The molecule has 28 heavy (non-hydrogen) atoms. The van der Waals surface area contributed by atoms with E-state index in [1.807, 2.05) is 12.2 Å². The molecule has 0 aliphatic heterocycles. The van der Waals surface area contributed by atoms with Crippen molar-refractivity contribution in [1.29, 1.82) is 0 Å². The largest absolute Gasteiger partial charge is 0.469 e. The fourth-order valence-corrected chi connectivity index (χ4v) is 3.15. The van der Waals surface area contributed by atoms with Crippen LogP contribution in [0.1, 0.15) is 66.2 Å². The molecule has 0 unspecified atom stereocenters. The summed E-state index contributed by atoms with van der Waals surface area (Å²) in [5.74, 6) is -0.222. The molecule has 0 fully saturated rings. The first kappa shape index (κ1) is 24.4. The summed E-state index contributed by atoms with van der Waals surface area (Å²) in [5, 5.41) is 20.9. The molecule has 0 amide bonds. The van der Waals surface area contributed by atoms with Crippen LogP contribution in [0, 0.1) is 11.3 Å². The average Bonchev–Trinajstić information content (AvgIpc) is 3.00. The van der Waals surface area contributed by atoms with E-state index in [-0.39, 0.29) is 17.3 Å². The van der Waals surface area contributed by atoms with Gasteiger partial charge in [-0.3, -0.25) is 4.79 Å². The van der Waals surface area contributed by atoms with Gasteiger partial charge in [0.15, 0.2) is 0 Å². The highest BCUT2D eigenvalue weighted by atomic mass is 16.5. The smallest absolute Gasteiger partial charge is 0.305 e. The Labute approximate surface area is 170 Å². The number of ether oxygens (including phenoxy) is 1. The summed E-state index contributed by atoms with van der Waals surface area (Å²) in [5.41, 5.74) is 2.18. The molecule has 3 atom stereocenters. The third-order valence-corrected chi connectivity index (χ3v) is 5.30. The molecule has 0 aromatic carbocycles. The van der Waals surface area contributed by atoms with Gasteiger partial charge in [-0.05, 0) is 51.4 Å². The first-order valence-electron chi connectivity index (χ1n) is 10.3.